The number of ether oxygens (including phenoxy) is 3. The lowest BCUT2D eigenvalue weighted by Gasteiger charge is -2.12. The highest BCUT2D eigenvalue weighted by Crippen LogP contribution is 2.29. The van der Waals surface area contributed by atoms with Gasteiger partial charge in [-0.3, -0.25) is 4.79 Å². The molecular formula is C25H28N2O5. The molecule has 7 nitrogen and oxygen atoms in total. The van der Waals surface area contributed by atoms with Gasteiger partial charge >= 0.3 is 5.97 Å². The van der Waals surface area contributed by atoms with Gasteiger partial charge in [-0.25, -0.2) is 4.79 Å². The third-order valence-electron chi connectivity index (χ3n) is 4.58. The summed E-state index contributed by atoms with van der Waals surface area (Å²) in [6.07, 6.45) is 3.24. The second-order valence-corrected chi connectivity index (χ2v) is 7.22. The van der Waals surface area contributed by atoms with E-state index in [2.05, 4.69) is 5.32 Å². The molecule has 2 aromatic carbocycles. The van der Waals surface area contributed by atoms with Crippen LogP contribution in [-0.2, 0) is 9.59 Å². The minimum atomic E-state index is -0.584. The van der Waals surface area contributed by atoms with E-state index in [1.807, 2.05) is 45.0 Å². The van der Waals surface area contributed by atoms with Crippen LogP contribution in [0, 0.1) is 25.2 Å². The van der Waals surface area contributed by atoms with E-state index in [1.165, 1.54) is 13.2 Å². The van der Waals surface area contributed by atoms with E-state index in [0.717, 1.165) is 24.0 Å². The Morgan fingerprint density at radius 1 is 1.09 bits per heavy atom. The quantitative estimate of drug-likeness (QED) is 0.198. The monoisotopic (exact) mass is 436 g/mol. The summed E-state index contributed by atoms with van der Waals surface area (Å²) in [6, 6.07) is 12.4. The zero-order valence-corrected chi connectivity index (χ0v) is 18.9. The summed E-state index contributed by atoms with van der Waals surface area (Å²) in [7, 11) is 1.44. The summed E-state index contributed by atoms with van der Waals surface area (Å²) in [5, 5.41) is 12.0. The Labute approximate surface area is 188 Å². The molecule has 1 N–H and O–H groups in total. The lowest BCUT2D eigenvalue weighted by atomic mass is 10.1. The van der Waals surface area contributed by atoms with Crippen LogP contribution in [-0.4, -0.2) is 32.1 Å². The Hall–Kier alpha value is -3.79. The van der Waals surface area contributed by atoms with Crippen molar-refractivity contribution in [1.82, 2.24) is 5.32 Å². The molecule has 0 aromatic heterocycles. The molecule has 2 rings (SSSR count). The van der Waals surface area contributed by atoms with E-state index >= 15 is 0 Å². The van der Waals surface area contributed by atoms with E-state index in [-0.39, 0.29) is 17.9 Å². The molecule has 2 aromatic rings. The van der Waals surface area contributed by atoms with Crippen LogP contribution in [0.4, 0.5) is 0 Å². The van der Waals surface area contributed by atoms with E-state index < -0.39 is 11.9 Å². The Morgan fingerprint density at radius 3 is 2.50 bits per heavy atom. The Kier molecular flexibility index (Phi) is 9.30. The molecule has 0 saturated heterocycles. The highest BCUT2D eigenvalue weighted by molar-refractivity contribution is 6.01. The minimum absolute atomic E-state index is 0.0187. The summed E-state index contributed by atoms with van der Waals surface area (Å²) >= 11 is 0. The number of unbranched alkanes of at least 4 members (excludes halogenated alkanes) is 1. The van der Waals surface area contributed by atoms with Gasteiger partial charge in [0.05, 0.1) is 7.11 Å². The SMILES string of the molecule is CCCCNC(=O)/C(C#N)=C/c1ccc(OC(=O)COc2ccc(C)cc2C)c(OC)c1. The fourth-order valence-corrected chi connectivity index (χ4v) is 2.90. The van der Waals surface area contributed by atoms with Crippen LogP contribution < -0.4 is 19.5 Å². The normalized spacial score (nSPS) is 10.8. The summed E-state index contributed by atoms with van der Waals surface area (Å²) in [5.74, 6) is 0.104. The third kappa shape index (κ3) is 7.17. The number of nitrogens with one attached hydrogen (secondary N) is 1. The number of carbonyl (C=O) groups is 2. The van der Waals surface area contributed by atoms with Crippen molar-refractivity contribution in [2.24, 2.45) is 0 Å². The first-order valence-electron chi connectivity index (χ1n) is 10.4. The first-order valence-corrected chi connectivity index (χ1v) is 10.4. The lowest BCUT2D eigenvalue weighted by Crippen LogP contribution is -2.25. The van der Waals surface area contributed by atoms with Crippen molar-refractivity contribution in [3.05, 3.63) is 58.7 Å². The lowest BCUT2D eigenvalue weighted by molar-refractivity contribution is -0.136. The molecule has 0 unspecified atom stereocenters. The second kappa shape index (κ2) is 12.2. The van der Waals surface area contributed by atoms with Gasteiger partial charge in [-0.05, 0) is 55.7 Å². The Bertz CT molecular complexity index is 1040. The molecule has 0 atom stereocenters. The molecular weight excluding hydrogens is 408 g/mol. The van der Waals surface area contributed by atoms with Gasteiger partial charge in [0, 0.05) is 6.54 Å². The number of carbonyl (C=O) groups excluding carboxylic acids is 2. The number of nitriles is 1. The zero-order chi connectivity index (χ0) is 23.5. The first-order chi connectivity index (χ1) is 15.4. The highest BCUT2D eigenvalue weighted by Gasteiger charge is 2.14. The molecule has 0 fully saturated rings. The van der Waals surface area contributed by atoms with E-state index in [9.17, 15) is 14.9 Å². The Balaban J connectivity index is 2.06. The molecule has 0 saturated carbocycles. The number of hydrogen-bond donors (Lipinski definition) is 1. The second-order valence-electron chi connectivity index (χ2n) is 7.22. The number of amides is 1. The van der Waals surface area contributed by atoms with Crippen molar-refractivity contribution in [3.63, 3.8) is 0 Å². The maximum Gasteiger partial charge on any atom is 0.349 e. The van der Waals surface area contributed by atoms with Crippen molar-refractivity contribution < 1.29 is 23.8 Å². The molecule has 0 aliphatic heterocycles. The van der Waals surface area contributed by atoms with E-state index in [0.29, 0.717) is 23.6 Å². The van der Waals surface area contributed by atoms with Crippen molar-refractivity contribution >= 4 is 18.0 Å². The topological polar surface area (TPSA) is 97.7 Å². The van der Waals surface area contributed by atoms with Crippen LogP contribution in [0.25, 0.3) is 6.08 Å². The number of esters is 1. The van der Waals surface area contributed by atoms with Crippen LogP contribution in [0.3, 0.4) is 0 Å². The summed E-state index contributed by atoms with van der Waals surface area (Å²) < 4.78 is 16.2. The van der Waals surface area contributed by atoms with Crippen LogP contribution in [0.2, 0.25) is 0 Å². The maximum atomic E-state index is 12.2. The van der Waals surface area contributed by atoms with Crippen molar-refractivity contribution in [3.8, 4) is 23.3 Å². The van der Waals surface area contributed by atoms with Crippen molar-refractivity contribution in [2.45, 2.75) is 33.6 Å². The molecule has 0 aliphatic carbocycles. The maximum absolute atomic E-state index is 12.2. The minimum Gasteiger partial charge on any atom is -0.493 e. The van der Waals surface area contributed by atoms with Gasteiger partial charge in [-0.1, -0.05) is 37.1 Å². The average Bonchev–Trinajstić information content (AvgIpc) is 2.77. The van der Waals surface area contributed by atoms with Gasteiger partial charge in [0.2, 0.25) is 0 Å². The average molecular weight is 437 g/mol. The number of hydrogen-bond acceptors (Lipinski definition) is 6. The zero-order valence-electron chi connectivity index (χ0n) is 18.9. The fraction of sp³-hybridized carbons (Fsp3) is 0.320. The predicted octanol–water partition coefficient (Wildman–Crippen LogP) is 4.12. The molecule has 0 heterocycles. The van der Waals surface area contributed by atoms with Crippen LogP contribution in [0.15, 0.2) is 42.0 Å². The molecule has 168 valence electrons. The summed E-state index contributed by atoms with van der Waals surface area (Å²) in [5.41, 5.74) is 2.58. The Morgan fingerprint density at radius 2 is 1.84 bits per heavy atom. The molecule has 32 heavy (non-hydrogen) atoms. The number of benzene rings is 2. The number of aryl methyl sites for hydroxylation is 2. The third-order valence-corrected chi connectivity index (χ3v) is 4.58. The number of rotatable bonds is 10. The van der Waals surface area contributed by atoms with Crippen LogP contribution in [0.1, 0.15) is 36.5 Å². The highest BCUT2D eigenvalue weighted by atomic mass is 16.6. The molecule has 0 aliphatic rings. The van der Waals surface area contributed by atoms with Gasteiger partial charge in [0.25, 0.3) is 5.91 Å². The van der Waals surface area contributed by atoms with Gasteiger partial charge in [-0.15, -0.1) is 0 Å². The van der Waals surface area contributed by atoms with Gasteiger partial charge in [-0.2, -0.15) is 5.26 Å². The molecule has 0 spiro atoms. The summed E-state index contributed by atoms with van der Waals surface area (Å²) in [4.78, 5) is 24.4. The van der Waals surface area contributed by atoms with Gasteiger partial charge in [0.15, 0.2) is 18.1 Å². The fourth-order valence-electron chi connectivity index (χ4n) is 2.90. The molecule has 7 heteroatoms. The predicted molar refractivity (Wildman–Crippen MR) is 122 cm³/mol. The number of methoxy groups -OCH3 is 1. The molecule has 0 radical (unpaired) electrons. The van der Waals surface area contributed by atoms with Gasteiger partial charge < -0.3 is 19.5 Å². The largest absolute Gasteiger partial charge is 0.493 e. The van der Waals surface area contributed by atoms with Crippen LogP contribution in [0.5, 0.6) is 17.2 Å². The van der Waals surface area contributed by atoms with E-state index in [1.54, 1.807) is 18.2 Å². The first kappa shape index (κ1) is 24.5. The standard InChI is InChI=1S/C25H28N2O5/c1-5-6-11-27-25(29)20(15-26)13-19-8-10-22(23(14-19)30-4)32-24(28)16-31-21-9-7-17(2)12-18(21)3/h7-10,12-14H,5-6,11,16H2,1-4H3,(H,27,29)/b20-13+. The van der Waals surface area contributed by atoms with Crippen molar-refractivity contribution in [1.29, 1.82) is 5.26 Å². The molecule has 0 bridgehead atoms. The van der Waals surface area contributed by atoms with E-state index in [4.69, 9.17) is 14.2 Å². The number of nitrogens with zero attached hydrogens (tertiary/aromatic N) is 1. The van der Waals surface area contributed by atoms with Crippen LogP contribution >= 0.6 is 0 Å². The summed E-state index contributed by atoms with van der Waals surface area (Å²) in [6.45, 7) is 6.16. The van der Waals surface area contributed by atoms with Gasteiger partial charge in [0.1, 0.15) is 17.4 Å². The van der Waals surface area contributed by atoms with Crippen molar-refractivity contribution in [2.75, 3.05) is 20.3 Å². The smallest absolute Gasteiger partial charge is 0.349 e. The molecule has 1 amide bonds.